The van der Waals surface area contributed by atoms with E-state index in [9.17, 15) is 9.18 Å². The molecule has 0 bridgehead atoms. The Bertz CT molecular complexity index is 1090. The molecule has 3 aromatic rings. The molecule has 5 nitrogen and oxygen atoms in total. The zero-order valence-electron chi connectivity index (χ0n) is 17.0. The Morgan fingerprint density at radius 1 is 1.00 bits per heavy atom. The van der Waals surface area contributed by atoms with Crippen molar-refractivity contribution in [3.05, 3.63) is 86.5 Å². The standard InChI is InChI=1S/C23H20Cl3FN2O3/c24-15-4-6-21(19(26)12-15)31-14-16-5-7-22(32-16)23(30)29-10-8-28(9-11-29)13-17-18(25)2-1-3-20(17)27/h1-7,12H,8-11,13-14H2. The van der Waals surface area contributed by atoms with Gasteiger partial charge < -0.3 is 14.1 Å². The molecule has 9 heteroatoms. The van der Waals surface area contributed by atoms with Gasteiger partial charge in [-0.2, -0.15) is 0 Å². The van der Waals surface area contributed by atoms with Crippen LogP contribution in [-0.2, 0) is 13.2 Å². The average molecular weight is 498 g/mol. The molecule has 1 aliphatic heterocycles. The Kier molecular flexibility index (Phi) is 7.26. The summed E-state index contributed by atoms with van der Waals surface area (Å²) in [4.78, 5) is 16.6. The number of carbonyl (C=O) groups excluding carboxylic acids is 1. The highest BCUT2D eigenvalue weighted by Gasteiger charge is 2.25. The van der Waals surface area contributed by atoms with E-state index in [4.69, 9.17) is 44.0 Å². The lowest BCUT2D eigenvalue weighted by atomic mass is 10.2. The van der Waals surface area contributed by atoms with E-state index in [0.717, 1.165) is 0 Å². The summed E-state index contributed by atoms with van der Waals surface area (Å²) in [7, 11) is 0. The van der Waals surface area contributed by atoms with Gasteiger partial charge in [0.05, 0.1) is 5.02 Å². The van der Waals surface area contributed by atoms with Gasteiger partial charge in [0, 0.05) is 48.3 Å². The molecule has 0 saturated carbocycles. The number of amides is 1. The van der Waals surface area contributed by atoms with Crippen LogP contribution < -0.4 is 4.74 Å². The SMILES string of the molecule is O=C(c1ccc(COc2ccc(Cl)cc2Cl)o1)N1CCN(Cc2c(F)cccc2Cl)CC1. The summed E-state index contributed by atoms with van der Waals surface area (Å²) in [6.07, 6.45) is 0. The van der Waals surface area contributed by atoms with Crippen molar-refractivity contribution in [3.8, 4) is 5.75 Å². The number of piperazine rings is 1. The normalized spacial score (nSPS) is 14.6. The van der Waals surface area contributed by atoms with E-state index in [-0.39, 0.29) is 24.1 Å². The third-order valence-electron chi connectivity index (χ3n) is 5.24. The van der Waals surface area contributed by atoms with Gasteiger partial charge in [-0.1, -0.05) is 40.9 Å². The lowest BCUT2D eigenvalue weighted by Gasteiger charge is -2.34. The Labute approximate surface area is 200 Å². The van der Waals surface area contributed by atoms with Crippen LogP contribution in [0.1, 0.15) is 21.9 Å². The molecule has 32 heavy (non-hydrogen) atoms. The van der Waals surface area contributed by atoms with Crippen LogP contribution in [0.15, 0.2) is 52.9 Å². The first kappa shape index (κ1) is 22.9. The first-order valence-electron chi connectivity index (χ1n) is 10.0. The van der Waals surface area contributed by atoms with E-state index in [1.165, 1.54) is 6.07 Å². The molecule has 4 rings (SSSR count). The summed E-state index contributed by atoms with van der Waals surface area (Å²) in [6.45, 7) is 2.79. The monoisotopic (exact) mass is 496 g/mol. The average Bonchev–Trinajstić information content (AvgIpc) is 3.25. The minimum atomic E-state index is -0.318. The number of furan rings is 1. The third kappa shape index (κ3) is 5.38. The maximum atomic E-state index is 14.0. The number of ether oxygens (including phenoxy) is 1. The second kappa shape index (κ2) is 10.1. The molecule has 1 saturated heterocycles. The highest BCUT2D eigenvalue weighted by Crippen LogP contribution is 2.28. The highest BCUT2D eigenvalue weighted by atomic mass is 35.5. The summed E-state index contributed by atoms with van der Waals surface area (Å²) in [5.41, 5.74) is 0.477. The van der Waals surface area contributed by atoms with Gasteiger partial charge in [0.25, 0.3) is 5.91 Å². The van der Waals surface area contributed by atoms with Crippen LogP contribution in [0.4, 0.5) is 4.39 Å². The first-order valence-corrected chi connectivity index (χ1v) is 11.1. The number of halogens is 4. The van der Waals surface area contributed by atoms with Gasteiger partial charge in [0.15, 0.2) is 5.76 Å². The number of rotatable bonds is 6. The van der Waals surface area contributed by atoms with Crippen molar-refractivity contribution < 1.29 is 18.3 Å². The number of benzene rings is 2. The van der Waals surface area contributed by atoms with Crippen LogP contribution in [0.3, 0.4) is 0 Å². The molecule has 1 aromatic heterocycles. The molecule has 168 valence electrons. The van der Waals surface area contributed by atoms with Crippen LogP contribution in [0.25, 0.3) is 0 Å². The fraction of sp³-hybridized carbons (Fsp3) is 0.261. The van der Waals surface area contributed by atoms with Crippen LogP contribution in [0, 0.1) is 5.82 Å². The number of hydrogen-bond donors (Lipinski definition) is 0. The Balaban J connectivity index is 1.30. The van der Waals surface area contributed by atoms with Gasteiger partial charge in [0.1, 0.15) is 23.9 Å². The predicted octanol–water partition coefficient (Wildman–Crippen LogP) is 5.92. The van der Waals surface area contributed by atoms with Crippen LogP contribution in [-0.4, -0.2) is 41.9 Å². The van der Waals surface area contributed by atoms with Crippen molar-refractivity contribution in [2.45, 2.75) is 13.2 Å². The third-order valence-corrected chi connectivity index (χ3v) is 6.12. The lowest BCUT2D eigenvalue weighted by Crippen LogP contribution is -2.48. The van der Waals surface area contributed by atoms with Gasteiger partial charge >= 0.3 is 0 Å². The Morgan fingerprint density at radius 3 is 2.50 bits per heavy atom. The molecule has 1 fully saturated rings. The van der Waals surface area contributed by atoms with Crippen molar-refractivity contribution in [1.29, 1.82) is 0 Å². The Hall–Kier alpha value is -2.25. The van der Waals surface area contributed by atoms with E-state index in [1.54, 1.807) is 47.4 Å². The molecule has 1 amide bonds. The maximum absolute atomic E-state index is 14.0. The number of hydrogen-bond acceptors (Lipinski definition) is 4. The molecular formula is C23H20Cl3FN2O3. The summed E-state index contributed by atoms with van der Waals surface area (Å²) >= 11 is 18.1. The fourth-order valence-electron chi connectivity index (χ4n) is 3.48. The van der Waals surface area contributed by atoms with Crippen molar-refractivity contribution >= 4 is 40.7 Å². The van der Waals surface area contributed by atoms with Gasteiger partial charge in [-0.05, 0) is 42.5 Å². The van der Waals surface area contributed by atoms with Gasteiger partial charge in [-0.15, -0.1) is 0 Å². The minimum absolute atomic E-state index is 0.131. The van der Waals surface area contributed by atoms with Gasteiger partial charge in [0.2, 0.25) is 0 Å². The summed E-state index contributed by atoms with van der Waals surface area (Å²) in [5.74, 6) is 0.723. The largest absolute Gasteiger partial charge is 0.484 e. The van der Waals surface area contributed by atoms with E-state index < -0.39 is 0 Å². The van der Waals surface area contributed by atoms with Crippen molar-refractivity contribution in [2.24, 2.45) is 0 Å². The Morgan fingerprint density at radius 2 is 1.78 bits per heavy atom. The van der Waals surface area contributed by atoms with Crippen LogP contribution >= 0.6 is 34.8 Å². The zero-order chi connectivity index (χ0) is 22.7. The molecule has 0 radical (unpaired) electrons. The molecule has 0 unspecified atom stereocenters. The molecule has 0 N–H and O–H groups in total. The van der Waals surface area contributed by atoms with Crippen LogP contribution in [0.5, 0.6) is 5.75 Å². The molecule has 0 spiro atoms. The van der Waals surface area contributed by atoms with E-state index in [2.05, 4.69) is 4.90 Å². The number of carbonyl (C=O) groups is 1. The van der Waals surface area contributed by atoms with E-state index in [1.807, 2.05) is 0 Å². The highest BCUT2D eigenvalue weighted by molar-refractivity contribution is 6.35. The van der Waals surface area contributed by atoms with Crippen molar-refractivity contribution in [2.75, 3.05) is 26.2 Å². The van der Waals surface area contributed by atoms with E-state index >= 15 is 0 Å². The van der Waals surface area contributed by atoms with Gasteiger partial charge in [-0.3, -0.25) is 9.69 Å². The second-order valence-electron chi connectivity index (χ2n) is 7.40. The smallest absolute Gasteiger partial charge is 0.289 e. The predicted molar refractivity (Wildman–Crippen MR) is 122 cm³/mol. The van der Waals surface area contributed by atoms with Crippen LogP contribution in [0.2, 0.25) is 15.1 Å². The molecule has 2 heterocycles. The minimum Gasteiger partial charge on any atom is -0.484 e. The van der Waals surface area contributed by atoms with Crippen molar-refractivity contribution in [3.63, 3.8) is 0 Å². The number of nitrogens with zero attached hydrogens (tertiary/aromatic N) is 2. The topological polar surface area (TPSA) is 45.9 Å². The maximum Gasteiger partial charge on any atom is 0.289 e. The molecule has 1 aliphatic rings. The van der Waals surface area contributed by atoms with E-state index in [0.29, 0.717) is 64.9 Å². The second-order valence-corrected chi connectivity index (χ2v) is 8.65. The first-order chi connectivity index (χ1) is 15.4. The fourth-order valence-corrected chi connectivity index (χ4v) is 4.17. The lowest BCUT2D eigenvalue weighted by molar-refractivity contribution is 0.0593. The van der Waals surface area contributed by atoms with Crippen molar-refractivity contribution in [1.82, 2.24) is 9.80 Å². The molecule has 2 aromatic carbocycles. The molecular weight excluding hydrogens is 478 g/mol. The summed E-state index contributed by atoms with van der Waals surface area (Å²) < 4.78 is 25.4. The summed E-state index contributed by atoms with van der Waals surface area (Å²) in [5, 5.41) is 1.33. The molecule has 0 atom stereocenters. The van der Waals surface area contributed by atoms with Gasteiger partial charge in [-0.25, -0.2) is 4.39 Å². The quantitative estimate of drug-likeness (QED) is 0.424. The summed E-state index contributed by atoms with van der Waals surface area (Å²) in [6, 6.07) is 13.0. The zero-order valence-corrected chi connectivity index (χ0v) is 19.3. The molecule has 0 aliphatic carbocycles.